The number of carbonyl (C=O) groups excluding carboxylic acids is 1. The molecule has 1 aliphatic heterocycles. The lowest BCUT2D eigenvalue weighted by Crippen LogP contribution is -2.41. The van der Waals surface area contributed by atoms with Crippen LogP contribution in [0.15, 0.2) is 54.6 Å². The van der Waals surface area contributed by atoms with E-state index in [0.717, 1.165) is 16.9 Å². The minimum atomic E-state index is -0.922. The SMILES string of the molecule is O=C(O)C(CNC(=O)C1Cc2ccccc2O1)Cc1ccccc1. The fourth-order valence-electron chi connectivity index (χ4n) is 2.81. The molecule has 5 nitrogen and oxygen atoms in total. The topological polar surface area (TPSA) is 75.6 Å². The minimum absolute atomic E-state index is 0.0826. The highest BCUT2D eigenvalue weighted by Crippen LogP contribution is 2.28. The minimum Gasteiger partial charge on any atom is -0.481 e. The lowest BCUT2D eigenvalue weighted by atomic mass is 9.99. The molecule has 0 aliphatic carbocycles. The van der Waals surface area contributed by atoms with Crippen molar-refractivity contribution in [3.8, 4) is 5.75 Å². The standard InChI is InChI=1S/C19H19NO4/c21-18(17-11-14-8-4-5-9-16(14)24-17)20-12-15(19(22)23)10-13-6-2-1-3-7-13/h1-9,15,17H,10-12H2,(H,20,21)(H,22,23). The average Bonchev–Trinajstić information content (AvgIpc) is 3.03. The van der Waals surface area contributed by atoms with Crippen molar-refractivity contribution in [3.63, 3.8) is 0 Å². The maximum absolute atomic E-state index is 12.3. The van der Waals surface area contributed by atoms with Crippen LogP contribution in [0.25, 0.3) is 0 Å². The highest BCUT2D eigenvalue weighted by Gasteiger charge is 2.29. The maximum Gasteiger partial charge on any atom is 0.308 e. The van der Waals surface area contributed by atoms with Gasteiger partial charge in [0.15, 0.2) is 6.10 Å². The Morgan fingerprint density at radius 1 is 1.12 bits per heavy atom. The Kier molecular flexibility index (Phi) is 4.79. The summed E-state index contributed by atoms with van der Waals surface area (Å²) in [7, 11) is 0. The lowest BCUT2D eigenvalue weighted by molar-refractivity contribution is -0.141. The van der Waals surface area contributed by atoms with Crippen LogP contribution < -0.4 is 10.1 Å². The van der Waals surface area contributed by atoms with Gasteiger partial charge in [-0.25, -0.2) is 0 Å². The maximum atomic E-state index is 12.3. The van der Waals surface area contributed by atoms with Gasteiger partial charge in [0, 0.05) is 13.0 Å². The molecule has 0 spiro atoms. The molecule has 0 fully saturated rings. The van der Waals surface area contributed by atoms with Crippen LogP contribution in [0.5, 0.6) is 5.75 Å². The van der Waals surface area contributed by atoms with Gasteiger partial charge in [0.05, 0.1) is 5.92 Å². The van der Waals surface area contributed by atoms with Gasteiger partial charge in [0.2, 0.25) is 0 Å². The molecule has 2 atom stereocenters. The van der Waals surface area contributed by atoms with Crippen molar-refractivity contribution in [2.24, 2.45) is 5.92 Å². The van der Waals surface area contributed by atoms with Gasteiger partial charge in [-0.1, -0.05) is 48.5 Å². The van der Waals surface area contributed by atoms with Crippen LogP contribution in [0.2, 0.25) is 0 Å². The summed E-state index contributed by atoms with van der Waals surface area (Å²) in [4.78, 5) is 23.7. The molecule has 1 heterocycles. The van der Waals surface area contributed by atoms with E-state index in [1.54, 1.807) is 0 Å². The second-order valence-electron chi connectivity index (χ2n) is 5.89. The molecular weight excluding hydrogens is 306 g/mol. The highest BCUT2D eigenvalue weighted by atomic mass is 16.5. The number of nitrogens with one attached hydrogen (secondary N) is 1. The van der Waals surface area contributed by atoms with E-state index in [2.05, 4.69) is 5.32 Å². The Morgan fingerprint density at radius 2 is 1.83 bits per heavy atom. The number of amides is 1. The molecular formula is C19H19NO4. The van der Waals surface area contributed by atoms with Gasteiger partial charge < -0.3 is 15.2 Å². The fraction of sp³-hybridized carbons (Fsp3) is 0.263. The zero-order valence-corrected chi connectivity index (χ0v) is 13.1. The van der Waals surface area contributed by atoms with Crippen LogP contribution in [0.3, 0.4) is 0 Å². The number of rotatable bonds is 6. The van der Waals surface area contributed by atoms with E-state index in [-0.39, 0.29) is 12.5 Å². The first-order valence-corrected chi connectivity index (χ1v) is 7.92. The largest absolute Gasteiger partial charge is 0.481 e. The Bertz CT molecular complexity index is 704. The lowest BCUT2D eigenvalue weighted by Gasteiger charge is -2.16. The van der Waals surface area contributed by atoms with E-state index >= 15 is 0 Å². The molecule has 2 aromatic rings. The molecule has 124 valence electrons. The molecule has 5 heteroatoms. The van der Waals surface area contributed by atoms with Crippen LogP contribution in [0.4, 0.5) is 0 Å². The van der Waals surface area contributed by atoms with Crippen LogP contribution in [-0.2, 0) is 22.4 Å². The van der Waals surface area contributed by atoms with Gasteiger partial charge in [0.1, 0.15) is 5.75 Å². The number of carbonyl (C=O) groups is 2. The number of carboxylic acid groups (broad SMARTS) is 1. The Balaban J connectivity index is 1.55. The third-order valence-electron chi connectivity index (χ3n) is 4.14. The highest BCUT2D eigenvalue weighted by molar-refractivity contribution is 5.83. The van der Waals surface area contributed by atoms with Gasteiger partial charge in [-0.2, -0.15) is 0 Å². The molecule has 2 unspecified atom stereocenters. The second kappa shape index (κ2) is 7.17. The number of benzene rings is 2. The van der Waals surface area contributed by atoms with Gasteiger partial charge >= 0.3 is 5.97 Å². The fourth-order valence-corrected chi connectivity index (χ4v) is 2.81. The number of para-hydroxylation sites is 1. The van der Waals surface area contributed by atoms with Crippen LogP contribution in [0, 0.1) is 5.92 Å². The number of aliphatic carboxylic acids is 1. The quantitative estimate of drug-likeness (QED) is 0.852. The summed E-state index contributed by atoms with van der Waals surface area (Å²) in [5.74, 6) is -1.14. The number of fused-ring (bicyclic) bond motifs is 1. The van der Waals surface area contributed by atoms with E-state index in [9.17, 15) is 14.7 Å². The summed E-state index contributed by atoms with van der Waals surface area (Å²) < 4.78 is 5.62. The van der Waals surface area contributed by atoms with Gasteiger partial charge in [-0.3, -0.25) is 9.59 Å². The summed E-state index contributed by atoms with van der Waals surface area (Å²) in [5.41, 5.74) is 1.93. The molecule has 2 N–H and O–H groups in total. The normalized spacial score (nSPS) is 16.8. The van der Waals surface area contributed by atoms with E-state index in [0.29, 0.717) is 12.8 Å². The predicted octanol–water partition coefficient (Wildman–Crippen LogP) is 2.05. The van der Waals surface area contributed by atoms with Crippen LogP contribution in [-0.4, -0.2) is 29.6 Å². The van der Waals surface area contributed by atoms with E-state index in [4.69, 9.17) is 4.74 Å². The summed E-state index contributed by atoms with van der Waals surface area (Å²) in [6.07, 6.45) is 0.300. The monoisotopic (exact) mass is 325 g/mol. The van der Waals surface area contributed by atoms with Crippen molar-refractivity contribution in [1.29, 1.82) is 0 Å². The molecule has 0 saturated carbocycles. The third kappa shape index (κ3) is 3.74. The van der Waals surface area contributed by atoms with Gasteiger partial charge in [-0.15, -0.1) is 0 Å². The number of hydrogen-bond donors (Lipinski definition) is 2. The molecule has 3 rings (SSSR count). The van der Waals surface area contributed by atoms with Crippen molar-refractivity contribution in [3.05, 3.63) is 65.7 Å². The van der Waals surface area contributed by atoms with Crippen molar-refractivity contribution in [2.45, 2.75) is 18.9 Å². The predicted molar refractivity (Wildman–Crippen MR) is 88.8 cm³/mol. The van der Waals surface area contributed by atoms with Crippen molar-refractivity contribution in [1.82, 2.24) is 5.32 Å². The first kappa shape index (κ1) is 16.1. The number of hydrogen-bond acceptors (Lipinski definition) is 3. The molecule has 1 aliphatic rings. The van der Waals surface area contributed by atoms with Gasteiger partial charge in [0.25, 0.3) is 5.91 Å². The Labute approximate surface area is 140 Å². The smallest absolute Gasteiger partial charge is 0.308 e. The zero-order chi connectivity index (χ0) is 16.9. The zero-order valence-electron chi connectivity index (χ0n) is 13.1. The number of carboxylic acids is 1. The molecule has 2 aromatic carbocycles. The summed E-state index contributed by atoms with van der Waals surface area (Å²) in [6, 6.07) is 16.9. The van der Waals surface area contributed by atoms with Crippen LogP contribution >= 0.6 is 0 Å². The van der Waals surface area contributed by atoms with Crippen molar-refractivity contribution in [2.75, 3.05) is 6.54 Å². The van der Waals surface area contributed by atoms with Crippen molar-refractivity contribution < 1.29 is 19.4 Å². The molecule has 0 aromatic heterocycles. The molecule has 0 saturated heterocycles. The Hall–Kier alpha value is -2.82. The first-order chi connectivity index (χ1) is 11.6. The summed E-state index contributed by atoms with van der Waals surface area (Å²) >= 11 is 0. The molecule has 0 radical (unpaired) electrons. The van der Waals surface area contributed by atoms with E-state index in [1.807, 2.05) is 54.6 Å². The summed E-state index contributed by atoms with van der Waals surface area (Å²) in [6.45, 7) is 0.0826. The van der Waals surface area contributed by atoms with E-state index < -0.39 is 18.0 Å². The van der Waals surface area contributed by atoms with Gasteiger partial charge in [-0.05, 0) is 23.6 Å². The van der Waals surface area contributed by atoms with Crippen LogP contribution in [0.1, 0.15) is 11.1 Å². The first-order valence-electron chi connectivity index (χ1n) is 7.92. The average molecular weight is 325 g/mol. The molecule has 1 amide bonds. The summed E-state index contributed by atoms with van der Waals surface area (Å²) in [5, 5.41) is 12.1. The Morgan fingerprint density at radius 3 is 2.54 bits per heavy atom. The number of ether oxygens (including phenoxy) is 1. The van der Waals surface area contributed by atoms with E-state index in [1.165, 1.54) is 0 Å². The third-order valence-corrected chi connectivity index (χ3v) is 4.14. The molecule has 0 bridgehead atoms. The van der Waals surface area contributed by atoms with Crippen molar-refractivity contribution >= 4 is 11.9 Å². The second-order valence-corrected chi connectivity index (χ2v) is 5.89. The molecule has 24 heavy (non-hydrogen) atoms.